The zero-order valence-corrected chi connectivity index (χ0v) is 11.4. The Morgan fingerprint density at radius 1 is 1.32 bits per heavy atom. The van der Waals surface area contributed by atoms with Gasteiger partial charge in [0.1, 0.15) is 5.75 Å². The Morgan fingerprint density at radius 3 is 2.37 bits per heavy atom. The number of aliphatic carboxylic acids is 1. The number of carboxylic acid groups (broad SMARTS) is 1. The minimum atomic E-state index is -3.61. The Kier molecular flexibility index (Phi) is 5.13. The van der Waals surface area contributed by atoms with Crippen molar-refractivity contribution in [3.8, 4) is 5.75 Å². The van der Waals surface area contributed by atoms with E-state index < -0.39 is 22.8 Å². The third-order valence-electron chi connectivity index (χ3n) is 1.86. The molecule has 0 aliphatic rings. The van der Waals surface area contributed by atoms with Crippen LogP contribution in [0.1, 0.15) is 13.8 Å². The standard InChI is InChI=1S/C11H16N2O5S/c1-8(2)12-19(16,17)13-9-3-5-10(6-4-9)18-7-11(14)15/h3-6,8,12-13H,7H2,1-2H3,(H,14,15). The van der Waals surface area contributed by atoms with Crippen LogP contribution in [0.25, 0.3) is 0 Å². The maximum Gasteiger partial charge on any atom is 0.341 e. The van der Waals surface area contributed by atoms with Crippen molar-refractivity contribution < 1.29 is 23.1 Å². The molecule has 19 heavy (non-hydrogen) atoms. The molecule has 0 aliphatic heterocycles. The molecular formula is C11H16N2O5S. The minimum absolute atomic E-state index is 0.212. The van der Waals surface area contributed by atoms with Gasteiger partial charge in [0, 0.05) is 6.04 Å². The SMILES string of the molecule is CC(C)NS(=O)(=O)Nc1ccc(OCC(=O)O)cc1. The molecule has 0 heterocycles. The molecular weight excluding hydrogens is 272 g/mol. The van der Waals surface area contributed by atoms with Crippen molar-refractivity contribution in [2.24, 2.45) is 0 Å². The van der Waals surface area contributed by atoms with Crippen molar-refractivity contribution >= 4 is 21.9 Å². The van der Waals surface area contributed by atoms with Crippen LogP contribution >= 0.6 is 0 Å². The van der Waals surface area contributed by atoms with Crippen LogP contribution < -0.4 is 14.2 Å². The lowest BCUT2D eigenvalue weighted by molar-refractivity contribution is -0.139. The average molecular weight is 288 g/mol. The van der Waals surface area contributed by atoms with E-state index in [4.69, 9.17) is 9.84 Å². The highest BCUT2D eigenvalue weighted by Crippen LogP contribution is 2.16. The predicted molar refractivity (Wildman–Crippen MR) is 70.4 cm³/mol. The van der Waals surface area contributed by atoms with Gasteiger partial charge in [-0.05, 0) is 38.1 Å². The first-order valence-electron chi connectivity index (χ1n) is 5.53. The first-order valence-corrected chi connectivity index (χ1v) is 7.01. The van der Waals surface area contributed by atoms with Crippen LogP contribution in [-0.2, 0) is 15.0 Å². The molecule has 8 heteroatoms. The fourth-order valence-electron chi connectivity index (χ4n) is 1.26. The lowest BCUT2D eigenvalue weighted by Crippen LogP contribution is -2.35. The second kappa shape index (κ2) is 6.39. The Bertz CT molecular complexity index is 525. The number of hydrogen-bond acceptors (Lipinski definition) is 4. The van der Waals surface area contributed by atoms with E-state index in [1.165, 1.54) is 24.3 Å². The van der Waals surface area contributed by atoms with Gasteiger partial charge in [-0.25, -0.2) is 4.79 Å². The molecule has 0 bridgehead atoms. The summed E-state index contributed by atoms with van der Waals surface area (Å²) >= 11 is 0. The van der Waals surface area contributed by atoms with Gasteiger partial charge >= 0.3 is 5.97 Å². The molecule has 1 aromatic rings. The van der Waals surface area contributed by atoms with E-state index in [0.29, 0.717) is 11.4 Å². The van der Waals surface area contributed by atoms with Gasteiger partial charge in [-0.1, -0.05) is 0 Å². The van der Waals surface area contributed by atoms with Crippen molar-refractivity contribution in [3.63, 3.8) is 0 Å². The summed E-state index contributed by atoms with van der Waals surface area (Å²) in [6.07, 6.45) is 0. The van der Waals surface area contributed by atoms with Crippen LogP contribution in [0.5, 0.6) is 5.75 Å². The van der Waals surface area contributed by atoms with E-state index in [9.17, 15) is 13.2 Å². The largest absolute Gasteiger partial charge is 0.482 e. The summed E-state index contributed by atoms with van der Waals surface area (Å²) in [6.45, 7) is 2.98. The summed E-state index contributed by atoms with van der Waals surface area (Å²) < 4.78 is 32.8. The third kappa shape index (κ3) is 6.07. The summed E-state index contributed by atoms with van der Waals surface area (Å²) in [5.41, 5.74) is 0.357. The molecule has 106 valence electrons. The summed E-state index contributed by atoms with van der Waals surface area (Å²) in [7, 11) is -3.61. The Hall–Kier alpha value is -1.80. The number of ether oxygens (including phenoxy) is 1. The van der Waals surface area contributed by atoms with E-state index in [0.717, 1.165) is 0 Å². The van der Waals surface area contributed by atoms with Crippen molar-refractivity contribution in [3.05, 3.63) is 24.3 Å². The van der Waals surface area contributed by atoms with E-state index >= 15 is 0 Å². The molecule has 7 nitrogen and oxygen atoms in total. The lowest BCUT2D eigenvalue weighted by atomic mass is 10.3. The number of hydrogen-bond donors (Lipinski definition) is 3. The molecule has 3 N–H and O–H groups in total. The Labute approximate surface area is 111 Å². The van der Waals surface area contributed by atoms with Gasteiger partial charge in [0.25, 0.3) is 10.2 Å². The van der Waals surface area contributed by atoms with Gasteiger partial charge in [0.2, 0.25) is 0 Å². The summed E-state index contributed by atoms with van der Waals surface area (Å²) in [6, 6.07) is 5.72. The van der Waals surface area contributed by atoms with Gasteiger partial charge in [-0.3, -0.25) is 4.72 Å². The molecule has 0 saturated carbocycles. The molecule has 0 aromatic heterocycles. The molecule has 0 radical (unpaired) electrons. The minimum Gasteiger partial charge on any atom is -0.482 e. The average Bonchev–Trinajstić information content (AvgIpc) is 2.25. The predicted octanol–water partition coefficient (Wildman–Crippen LogP) is 0.805. The lowest BCUT2D eigenvalue weighted by Gasteiger charge is -2.12. The smallest absolute Gasteiger partial charge is 0.341 e. The number of benzene rings is 1. The molecule has 1 aromatic carbocycles. The number of carbonyl (C=O) groups is 1. The second-order valence-electron chi connectivity index (χ2n) is 4.08. The molecule has 0 fully saturated rings. The van der Waals surface area contributed by atoms with E-state index in [2.05, 4.69) is 9.44 Å². The van der Waals surface area contributed by atoms with Crippen LogP contribution in [0.4, 0.5) is 5.69 Å². The van der Waals surface area contributed by atoms with Gasteiger partial charge in [0.15, 0.2) is 6.61 Å². The number of rotatable bonds is 7. The highest BCUT2D eigenvalue weighted by molar-refractivity contribution is 7.90. The monoisotopic (exact) mass is 288 g/mol. The van der Waals surface area contributed by atoms with E-state index in [-0.39, 0.29) is 6.04 Å². The Morgan fingerprint density at radius 2 is 1.89 bits per heavy atom. The number of anilines is 1. The molecule has 0 amide bonds. The van der Waals surface area contributed by atoms with Gasteiger partial charge in [-0.2, -0.15) is 13.1 Å². The molecule has 0 aliphatic carbocycles. The van der Waals surface area contributed by atoms with Crippen molar-refractivity contribution in [1.82, 2.24) is 4.72 Å². The normalized spacial score (nSPS) is 11.3. The van der Waals surface area contributed by atoms with E-state index in [1.54, 1.807) is 13.8 Å². The maximum atomic E-state index is 11.6. The first-order chi connectivity index (χ1) is 8.78. The quantitative estimate of drug-likeness (QED) is 0.688. The highest BCUT2D eigenvalue weighted by Gasteiger charge is 2.11. The molecule has 0 saturated heterocycles. The zero-order valence-electron chi connectivity index (χ0n) is 10.6. The second-order valence-corrected chi connectivity index (χ2v) is 5.53. The van der Waals surface area contributed by atoms with Crippen molar-refractivity contribution in [2.75, 3.05) is 11.3 Å². The zero-order chi connectivity index (χ0) is 14.5. The third-order valence-corrected chi connectivity index (χ3v) is 3.15. The maximum absolute atomic E-state index is 11.6. The molecule has 0 unspecified atom stereocenters. The van der Waals surface area contributed by atoms with Gasteiger partial charge in [0.05, 0.1) is 5.69 Å². The van der Waals surface area contributed by atoms with Crippen molar-refractivity contribution in [2.45, 2.75) is 19.9 Å². The van der Waals surface area contributed by atoms with E-state index in [1.807, 2.05) is 0 Å². The fourth-order valence-corrected chi connectivity index (χ4v) is 2.39. The number of nitrogens with one attached hydrogen (secondary N) is 2. The van der Waals surface area contributed by atoms with Crippen LogP contribution in [-0.4, -0.2) is 32.1 Å². The van der Waals surface area contributed by atoms with Gasteiger partial charge in [-0.15, -0.1) is 0 Å². The topological polar surface area (TPSA) is 105 Å². The van der Waals surface area contributed by atoms with Crippen LogP contribution in [0, 0.1) is 0 Å². The summed E-state index contributed by atoms with van der Waals surface area (Å²) in [5.74, 6) is -0.729. The number of carboxylic acids is 1. The van der Waals surface area contributed by atoms with Crippen molar-refractivity contribution in [1.29, 1.82) is 0 Å². The first kappa shape index (κ1) is 15.3. The van der Waals surface area contributed by atoms with Gasteiger partial charge < -0.3 is 9.84 Å². The summed E-state index contributed by atoms with van der Waals surface area (Å²) in [5, 5.41) is 8.44. The van der Waals surface area contributed by atoms with Crippen LogP contribution in [0.3, 0.4) is 0 Å². The molecule has 1 rings (SSSR count). The highest BCUT2D eigenvalue weighted by atomic mass is 32.2. The molecule has 0 atom stereocenters. The molecule has 0 spiro atoms. The Balaban J connectivity index is 2.64. The van der Waals surface area contributed by atoms with Crippen LogP contribution in [0.2, 0.25) is 0 Å². The summed E-state index contributed by atoms with van der Waals surface area (Å²) in [4.78, 5) is 10.3. The van der Waals surface area contributed by atoms with Crippen LogP contribution in [0.15, 0.2) is 24.3 Å². The fraction of sp³-hybridized carbons (Fsp3) is 0.364.